The SMILES string of the molecule is COc1ncccc1CNC(=O)c1ccc(NS(=O)(=O)c2ccc(F)c(Cl)c2)cc1. The molecule has 7 nitrogen and oxygen atoms in total. The molecule has 2 aromatic carbocycles. The smallest absolute Gasteiger partial charge is 0.261 e. The van der Waals surface area contributed by atoms with E-state index in [0.717, 1.165) is 23.8 Å². The van der Waals surface area contributed by atoms with Crippen molar-refractivity contribution in [3.8, 4) is 5.88 Å². The van der Waals surface area contributed by atoms with E-state index in [1.54, 1.807) is 18.3 Å². The van der Waals surface area contributed by atoms with E-state index in [0.29, 0.717) is 11.4 Å². The Balaban J connectivity index is 1.66. The van der Waals surface area contributed by atoms with Crippen molar-refractivity contribution < 1.29 is 22.3 Å². The molecule has 0 atom stereocenters. The molecule has 3 rings (SSSR count). The highest BCUT2D eigenvalue weighted by molar-refractivity contribution is 7.92. The average molecular weight is 450 g/mol. The van der Waals surface area contributed by atoms with Crippen molar-refractivity contribution in [2.24, 2.45) is 0 Å². The number of carbonyl (C=O) groups is 1. The Bertz CT molecular complexity index is 1170. The van der Waals surface area contributed by atoms with E-state index in [-0.39, 0.29) is 28.1 Å². The summed E-state index contributed by atoms with van der Waals surface area (Å²) < 4.78 is 45.6. The van der Waals surface area contributed by atoms with E-state index in [4.69, 9.17) is 16.3 Å². The summed E-state index contributed by atoms with van der Waals surface area (Å²) in [5.41, 5.74) is 1.29. The summed E-state index contributed by atoms with van der Waals surface area (Å²) in [4.78, 5) is 16.2. The third kappa shape index (κ3) is 5.05. The molecule has 0 saturated heterocycles. The molecule has 1 amide bonds. The lowest BCUT2D eigenvalue weighted by Crippen LogP contribution is -2.23. The zero-order chi connectivity index (χ0) is 21.7. The van der Waals surface area contributed by atoms with Gasteiger partial charge in [0, 0.05) is 29.6 Å². The van der Waals surface area contributed by atoms with Crippen LogP contribution in [-0.4, -0.2) is 26.4 Å². The van der Waals surface area contributed by atoms with E-state index < -0.39 is 15.8 Å². The second-order valence-electron chi connectivity index (χ2n) is 6.11. The summed E-state index contributed by atoms with van der Waals surface area (Å²) in [6, 6.07) is 12.5. The first-order valence-corrected chi connectivity index (χ1v) is 10.5. The van der Waals surface area contributed by atoms with E-state index in [1.165, 1.54) is 31.4 Å². The van der Waals surface area contributed by atoms with Gasteiger partial charge in [-0.05, 0) is 48.5 Å². The molecule has 0 aliphatic rings. The van der Waals surface area contributed by atoms with Gasteiger partial charge in [-0.1, -0.05) is 17.7 Å². The molecule has 30 heavy (non-hydrogen) atoms. The summed E-state index contributed by atoms with van der Waals surface area (Å²) in [5.74, 6) is -0.640. The summed E-state index contributed by atoms with van der Waals surface area (Å²) >= 11 is 5.65. The molecule has 156 valence electrons. The van der Waals surface area contributed by atoms with E-state index in [9.17, 15) is 17.6 Å². The molecule has 0 unspecified atom stereocenters. The number of methoxy groups -OCH3 is 1. The molecular weight excluding hydrogens is 433 g/mol. The van der Waals surface area contributed by atoms with Gasteiger partial charge in [0.15, 0.2) is 0 Å². The van der Waals surface area contributed by atoms with Gasteiger partial charge in [0.05, 0.1) is 17.0 Å². The molecule has 0 spiro atoms. The minimum atomic E-state index is -3.96. The molecule has 0 radical (unpaired) electrons. The lowest BCUT2D eigenvalue weighted by atomic mass is 10.2. The van der Waals surface area contributed by atoms with Crippen molar-refractivity contribution in [1.82, 2.24) is 10.3 Å². The molecule has 1 aromatic heterocycles. The van der Waals surface area contributed by atoms with Gasteiger partial charge in [-0.2, -0.15) is 0 Å². The van der Waals surface area contributed by atoms with Crippen molar-refractivity contribution in [3.63, 3.8) is 0 Å². The fraction of sp³-hybridized carbons (Fsp3) is 0.100. The molecule has 10 heteroatoms. The third-order valence-electron chi connectivity index (χ3n) is 4.08. The number of benzene rings is 2. The average Bonchev–Trinajstić information content (AvgIpc) is 2.74. The Kier molecular flexibility index (Phi) is 6.53. The van der Waals surface area contributed by atoms with Gasteiger partial charge in [-0.25, -0.2) is 17.8 Å². The monoisotopic (exact) mass is 449 g/mol. The number of amides is 1. The highest BCUT2D eigenvalue weighted by Crippen LogP contribution is 2.22. The number of pyridine rings is 1. The van der Waals surface area contributed by atoms with Crippen molar-refractivity contribution in [3.05, 3.63) is 82.8 Å². The van der Waals surface area contributed by atoms with Crippen LogP contribution in [0.25, 0.3) is 0 Å². The van der Waals surface area contributed by atoms with Crippen LogP contribution in [0.2, 0.25) is 5.02 Å². The molecule has 3 aromatic rings. The number of aromatic nitrogens is 1. The minimum absolute atomic E-state index is 0.180. The number of halogens is 2. The maximum absolute atomic E-state index is 13.3. The molecule has 0 saturated carbocycles. The second-order valence-corrected chi connectivity index (χ2v) is 8.20. The van der Waals surface area contributed by atoms with Crippen molar-refractivity contribution >= 4 is 33.2 Å². The van der Waals surface area contributed by atoms with Gasteiger partial charge in [0.25, 0.3) is 15.9 Å². The highest BCUT2D eigenvalue weighted by atomic mass is 35.5. The van der Waals surface area contributed by atoms with Crippen LogP contribution in [0.5, 0.6) is 5.88 Å². The van der Waals surface area contributed by atoms with Gasteiger partial charge in [0.2, 0.25) is 5.88 Å². The van der Waals surface area contributed by atoms with Crippen molar-refractivity contribution in [2.75, 3.05) is 11.8 Å². The zero-order valence-electron chi connectivity index (χ0n) is 15.7. The number of hydrogen-bond acceptors (Lipinski definition) is 5. The molecular formula is C20H17ClFN3O4S. The molecule has 0 bridgehead atoms. The Labute approximate surface area is 177 Å². The standard InChI is InChI=1S/C20H17ClFN3O4S/c1-29-20-14(3-2-10-23-20)12-24-19(26)13-4-6-15(7-5-13)25-30(27,28)16-8-9-18(22)17(21)11-16/h2-11,25H,12H2,1H3,(H,24,26). The van der Waals surface area contributed by atoms with Gasteiger partial charge in [0.1, 0.15) is 5.82 Å². The number of carbonyl (C=O) groups excluding carboxylic acids is 1. The Morgan fingerprint density at radius 3 is 2.57 bits per heavy atom. The van der Waals surface area contributed by atoms with Crippen LogP contribution in [0.3, 0.4) is 0 Å². The molecule has 1 heterocycles. The predicted octanol–water partition coefficient (Wildman–Crippen LogP) is 3.61. The topological polar surface area (TPSA) is 97.4 Å². The van der Waals surface area contributed by atoms with Crippen LogP contribution in [0.1, 0.15) is 15.9 Å². The Morgan fingerprint density at radius 2 is 1.90 bits per heavy atom. The Morgan fingerprint density at radius 1 is 1.17 bits per heavy atom. The molecule has 0 aliphatic carbocycles. The van der Waals surface area contributed by atoms with Crippen molar-refractivity contribution in [1.29, 1.82) is 0 Å². The normalized spacial score (nSPS) is 11.0. The number of hydrogen-bond donors (Lipinski definition) is 2. The van der Waals surface area contributed by atoms with Crippen LogP contribution in [0.4, 0.5) is 10.1 Å². The van der Waals surface area contributed by atoms with Crippen LogP contribution in [0, 0.1) is 5.82 Å². The van der Waals surface area contributed by atoms with E-state index >= 15 is 0 Å². The van der Waals surface area contributed by atoms with E-state index in [1.807, 2.05) is 0 Å². The molecule has 0 fully saturated rings. The zero-order valence-corrected chi connectivity index (χ0v) is 17.3. The number of sulfonamides is 1. The summed E-state index contributed by atoms with van der Waals surface area (Å²) in [6.07, 6.45) is 1.59. The van der Waals surface area contributed by atoms with Crippen LogP contribution >= 0.6 is 11.6 Å². The molecule has 2 N–H and O–H groups in total. The minimum Gasteiger partial charge on any atom is -0.481 e. The number of anilines is 1. The fourth-order valence-corrected chi connectivity index (χ4v) is 3.90. The number of rotatable bonds is 7. The summed E-state index contributed by atoms with van der Waals surface area (Å²) in [5, 5.41) is 2.45. The summed E-state index contributed by atoms with van der Waals surface area (Å²) in [6.45, 7) is 0.218. The van der Waals surface area contributed by atoms with Crippen LogP contribution < -0.4 is 14.8 Å². The number of nitrogens with zero attached hydrogens (tertiary/aromatic N) is 1. The van der Waals surface area contributed by atoms with Crippen LogP contribution in [-0.2, 0) is 16.6 Å². The summed E-state index contributed by atoms with van der Waals surface area (Å²) in [7, 11) is -2.47. The molecule has 0 aliphatic heterocycles. The first-order valence-electron chi connectivity index (χ1n) is 8.64. The quantitative estimate of drug-likeness (QED) is 0.574. The Hall–Kier alpha value is -3.17. The largest absolute Gasteiger partial charge is 0.481 e. The maximum Gasteiger partial charge on any atom is 0.261 e. The van der Waals surface area contributed by atoms with Crippen LogP contribution in [0.15, 0.2) is 65.7 Å². The second kappa shape index (κ2) is 9.10. The highest BCUT2D eigenvalue weighted by Gasteiger charge is 2.16. The number of nitrogens with one attached hydrogen (secondary N) is 2. The van der Waals surface area contributed by atoms with Crippen molar-refractivity contribution in [2.45, 2.75) is 11.4 Å². The van der Waals surface area contributed by atoms with E-state index in [2.05, 4.69) is 15.0 Å². The third-order valence-corrected chi connectivity index (χ3v) is 5.75. The lowest BCUT2D eigenvalue weighted by Gasteiger charge is -2.10. The first-order chi connectivity index (χ1) is 14.3. The van der Waals surface area contributed by atoms with Gasteiger partial charge in [-0.15, -0.1) is 0 Å². The lowest BCUT2D eigenvalue weighted by molar-refractivity contribution is 0.0950. The van der Waals surface area contributed by atoms with Gasteiger partial charge >= 0.3 is 0 Å². The van der Waals surface area contributed by atoms with Gasteiger partial charge in [-0.3, -0.25) is 9.52 Å². The first kappa shape index (κ1) is 21.5. The fourth-order valence-electron chi connectivity index (χ4n) is 2.57. The maximum atomic E-state index is 13.3. The predicted molar refractivity (Wildman–Crippen MR) is 111 cm³/mol. The van der Waals surface area contributed by atoms with Gasteiger partial charge < -0.3 is 10.1 Å². The number of ether oxygens (including phenoxy) is 1.